The molecule has 1 aliphatic rings. The predicted molar refractivity (Wildman–Crippen MR) is 76.4 cm³/mol. The number of halogens is 5. The largest absolute Gasteiger partial charge is 0.419 e. The number of alkyl halides is 3. The van der Waals surface area contributed by atoms with Gasteiger partial charge in [0.05, 0.1) is 16.7 Å². The molecular formula is C14H17ClF4N2O. The molecule has 1 saturated carbocycles. The summed E-state index contributed by atoms with van der Waals surface area (Å²) >= 11 is 0. The van der Waals surface area contributed by atoms with Crippen molar-refractivity contribution >= 4 is 18.3 Å². The number of carbonyl (C=O) groups is 1. The molecule has 0 aromatic heterocycles. The van der Waals surface area contributed by atoms with Crippen molar-refractivity contribution in [2.45, 2.75) is 37.4 Å². The molecule has 2 rings (SSSR count). The van der Waals surface area contributed by atoms with Crippen molar-refractivity contribution in [2.24, 2.45) is 5.73 Å². The van der Waals surface area contributed by atoms with Gasteiger partial charge in [-0.15, -0.1) is 12.4 Å². The Bertz CT molecular complexity index is 542. The van der Waals surface area contributed by atoms with Gasteiger partial charge in [-0.25, -0.2) is 4.39 Å². The maximum atomic E-state index is 13.9. The lowest BCUT2D eigenvalue weighted by atomic mass is 9.97. The summed E-state index contributed by atoms with van der Waals surface area (Å²) < 4.78 is 51.9. The Labute approximate surface area is 131 Å². The summed E-state index contributed by atoms with van der Waals surface area (Å²) in [5, 5.41) is 2.61. The van der Waals surface area contributed by atoms with Crippen molar-refractivity contribution < 1.29 is 22.4 Å². The molecule has 8 heteroatoms. The first-order chi connectivity index (χ1) is 9.79. The molecule has 0 saturated heterocycles. The molecule has 1 aromatic rings. The van der Waals surface area contributed by atoms with Gasteiger partial charge in [-0.2, -0.15) is 13.2 Å². The molecule has 1 fully saturated rings. The molecule has 3 nitrogen and oxygen atoms in total. The summed E-state index contributed by atoms with van der Waals surface area (Å²) in [5.74, 6) is -2.40. The molecule has 0 radical (unpaired) electrons. The Hall–Kier alpha value is -1.34. The van der Waals surface area contributed by atoms with E-state index >= 15 is 0 Å². The highest BCUT2D eigenvalue weighted by Crippen LogP contribution is 2.33. The van der Waals surface area contributed by atoms with E-state index in [2.05, 4.69) is 5.32 Å². The van der Waals surface area contributed by atoms with Crippen LogP contribution in [0.1, 0.15) is 41.6 Å². The van der Waals surface area contributed by atoms with E-state index < -0.39 is 34.6 Å². The van der Waals surface area contributed by atoms with E-state index in [9.17, 15) is 22.4 Å². The van der Waals surface area contributed by atoms with Gasteiger partial charge in [-0.1, -0.05) is 18.9 Å². The molecule has 1 aliphatic carbocycles. The highest BCUT2D eigenvalue weighted by molar-refractivity contribution is 5.95. The summed E-state index contributed by atoms with van der Waals surface area (Å²) in [6.07, 6.45) is -1.78. The van der Waals surface area contributed by atoms with Gasteiger partial charge in [0, 0.05) is 6.54 Å². The molecular weight excluding hydrogens is 324 g/mol. The van der Waals surface area contributed by atoms with Gasteiger partial charge in [0.25, 0.3) is 5.91 Å². The second-order valence-electron chi connectivity index (χ2n) is 5.31. The van der Waals surface area contributed by atoms with Crippen LogP contribution in [0.5, 0.6) is 0 Å². The van der Waals surface area contributed by atoms with Crippen molar-refractivity contribution in [3.63, 3.8) is 0 Å². The number of hydrogen-bond donors (Lipinski definition) is 2. The monoisotopic (exact) mass is 340 g/mol. The lowest BCUT2D eigenvalue weighted by molar-refractivity contribution is -0.140. The minimum absolute atomic E-state index is 0. The molecule has 1 amide bonds. The van der Waals surface area contributed by atoms with Crippen molar-refractivity contribution in [3.05, 3.63) is 35.1 Å². The fourth-order valence-corrected chi connectivity index (χ4v) is 2.67. The number of amides is 1. The molecule has 1 aromatic carbocycles. The highest BCUT2D eigenvalue weighted by atomic mass is 35.5. The van der Waals surface area contributed by atoms with Crippen LogP contribution in [0, 0.1) is 5.82 Å². The Morgan fingerprint density at radius 1 is 1.27 bits per heavy atom. The van der Waals surface area contributed by atoms with Gasteiger partial charge in [0.2, 0.25) is 0 Å². The predicted octanol–water partition coefficient (Wildman–Crippen LogP) is 3.27. The number of hydrogen-bond acceptors (Lipinski definition) is 2. The van der Waals surface area contributed by atoms with Crippen LogP contribution in [0.25, 0.3) is 0 Å². The van der Waals surface area contributed by atoms with Crippen molar-refractivity contribution in [2.75, 3.05) is 6.54 Å². The third kappa shape index (κ3) is 3.70. The van der Waals surface area contributed by atoms with Crippen molar-refractivity contribution in [1.82, 2.24) is 5.32 Å². The zero-order chi connectivity index (χ0) is 15.7. The molecule has 3 N–H and O–H groups in total. The lowest BCUT2D eigenvalue weighted by Crippen LogP contribution is -2.51. The fraction of sp³-hybridized carbons (Fsp3) is 0.500. The topological polar surface area (TPSA) is 55.1 Å². The van der Waals surface area contributed by atoms with Gasteiger partial charge in [0.15, 0.2) is 0 Å². The second-order valence-corrected chi connectivity index (χ2v) is 5.31. The van der Waals surface area contributed by atoms with Crippen LogP contribution < -0.4 is 11.1 Å². The zero-order valence-corrected chi connectivity index (χ0v) is 12.5. The second kappa shape index (κ2) is 6.83. The van der Waals surface area contributed by atoms with Gasteiger partial charge < -0.3 is 11.1 Å². The summed E-state index contributed by atoms with van der Waals surface area (Å²) in [5.41, 5.74) is 2.95. The molecule has 0 aliphatic heterocycles. The van der Waals surface area contributed by atoms with Gasteiger partial charge in [0.1, 0.15) is 5.82 Å². The van der Waals surface area contributed by atoms with Crippen molar-refractivity contribution in [1.29, 1.82) is 0 Å². The number of rotatable bonds is 3. The molecule has 0 unspecified atom stereocenters. The number of nitrogens with one attached hydrogen (secondary N) is 1. The Balaban J connectivity index is 0.00000242. The van der Waals surface area contributed by atoms with E-state index in [0.29, 0.717) is 18.9 Å². The van der Waals surface area contributed by atoms with Crippen LogP contribution in [-0.2, 0) is 6.18 Å². The molecule has 22 heavy (non-hydrogen) atoms. The average Bonchev–Trinajstić information content (AvgIpc) is 2.86. The molecule has 0 heterocycles. The van der Waals surface area contributed by atoms with Crippen LogP contribution in [-0.4, -0.2) is 18.0 Å². The number of benzene rings is 1. The minimum atomic E-state index is -4.83. The standard InChI is InChI=1S/C14H16F4N2O.ClH/c15-11-9(4-3-5-10(11)14(16,17)18)12(21)20-13(8-19)6-1-2-7-13;/h3-5H,1-2,6-8,19H2,(H,20,21);1H. The first-order valence-corrected chi connectivity index (χ1v) is 6.67. The fourth-order valence-electron chi connectivity index (χ4n) is 2.67. The summed E-state index contributed by atoms with van der Waals surface area (Å²) in [6.45, 7) is 0.180. The van der Waals surface area contributed by atoms with Crippen LogP contribution in [0.3, 0.4) is 0 Å². The number of nitrogens with two attached hydrogens (primary N) is 1. The first kappa shape index (κ1) is 18.7. The Kier molecular flexibility index (Phi) is 5.81. The van der Waals surface area contributed by atoms with E-state index in [1.54, 1.807) is 0 Å². The van der Waals surface area contributed by atoms with E-state index in [0.717, 1.165) is 25.0 Å². The molecule has 0 atom stereocenters. The Morgan fingerprint density at radius 3 is 2.36 bits per heavy atom. The summed E-state index contributed by atoms with van der Waals surface area (Å²) in [7, 11) is 0. The first-order valence-electron chi connectivity index (χ1n) is 6.67. The maximum Gasteiger partial charge on any atom is 0.419 e. The summed E-state index contributed by atoms with van der Waals surface area (Å²) in [4.78, 5) is 12.1. The quantitative estimate of drug-likeness (QED) is 0.830. The molecule has 0 spiro atoms. The molecule has 124 valence electrons. The van der Waals surface area contributed by atoms with E-state index in [1.165, 1.54) is 0 Å². The molecule has 0 bridgehead atoms. The van der Waals surface area contributed by atoms with Crippen LogP contribution in [0.2, 0.25) is 0 Å². The van der Waals surface area contributed by atoms with Gasteiger partial charge in [-0.05, 0) is 25.0 Å². The average molecular weight is 341 g/mol. The number of carbonyl (C=O) groups excluding carboxylic acids is 1. The zero-order valence-electron chi connectivity index (χ0n) is 11.7. The third-order valence-electron chi connectivity index (χ3n) is 3.88. The lowest BCUT2D eigenvalue weighted by Gasteiger charge is -2.28. The van der Waals surface area contributed by atoms with Gasteiger partial charge in [-0.3, -0.25) is 4.79 Å². The van der Waals surface area contributed by atoms with Gasteiger partial charge >= 0.3 is 6.18 Å². The van der Waals surface area contributed by atoms with E-state index in [-0.39, 0.29) is 19.0 Å². The maximum absolute atomic E-state index is 13.9. The van der Waals surface area contributed by atoms with Crippen molar-refractivity contribution in [3.8, 4) is 0 Å². The van der Waals surface area contributed by atoms with Crippen LogP contribution in [0.4, 0.5) is 17.6 Å². The van der Waals surface area contributed by atoms with E-state index in [4.69, 9.17) is 5.73 Å². The van der Waals surface area contributed by atoms with Crippen LogP contribution in [0.15, 0.2) is 18.2 Å². The minimum Gasteiger partial charge on any atom is -0.345 e. The normalized spacial score (nSPS) is 17.0. The highest BCUT2D eigenvalue weighted by Gasteiger charge is 2.38. The van der Waals surface area contributed by atoms with E-state index in [1.807, 2.05) is 0 Å². The Morgan fingerprint density at radius 2 is 1.86 bits per heavy atom. The summed E-state index contributed by atoms with van der Waals surface area (Å²) in [6, 6.07) is 2.67. The third-order valence-corrected chi connectivity index (χ3v) is 3.88. The smallest absolute Gasteiger partial charge is 0.345 e. The SMILES string of the molecule is Cl.NCC1(NC(=O)c2cccc(C(F)(F)F)c2F)CCCC1. The van der Waals surface area contributed by atoms with Crippen LogP contribution >= 0.6 is 12.4 Å².